The van der Waals surface area contributed by atoms with Crippen molar-refractivity contribution in [3.05, 3.63) is 129 Å². The monoisotopic (exact) mass is 518 g/mol. The van der Waals surface area contributed by atoms with Crippen LogP contribution in [0.5, 0.6) is 0 Å². The lowest BCUT2D eigenvalue weighted by Crippen LogP contribution is -2.30. The maximum absolute atomic E-state index is 13.4. The van der Waals surface area contributed by atoms with Gasteiger partial charge in [-0.15, -0.1) is 0 Å². The van der Waals surface area contributed by atoms with E-state index in [-0.39, 0.29) is 15.5 Å². The van der Waals surface area contributed by atoms with Gasteiger partial charge in [0.05, 0.1) is 16.8 Å². The highest BCUT2D eigenvalue weighted by Gasteiger charge is 2.23. The number of carbonyl (C=O) groups excluding carboxylic acids is 1. The van der Waals surface area contributed by atoms with Gasteiger partial charge in [-0.3, -0.25) is 9.52 Å². The van der Waals surface area contributed by atoms with Crippen molar-refractivity contribution in [2.45, 2.75) is 31.7 Å². The number of rotatable bonds is 7. The van der Waals surface area contributed by atoms with E-state index in [1.165, 1.54) is 18.2 Å². The second-order valence-electron chi connectivity index (χ2n) is 8.74. The van der Waals surface area contributed by atoms with Crippen molar-refractivity contribution in [1.82, 2.24) is 5.32 Å². The van der Waals surface area contributed by atoms with Crippen molar-refractivity contribution in [3.63, 3.8) is 0 Å². The number of benzene rings is 4. The quantitative estimate of drug-likeness (QED) is 0.290. The van der Waals surface area contributed by atoms with Crippen molar-refractivity contribution in [2.24, 2.45) is 0 Å². The van der Waals surface area contributed by atoms with Gasteiger partial charge in [-0.2, -0.15) is 0 Å². The third-order valence-electron chi connectivity index (χ3n) is 6.03. The van der Waals surface area contributed by atoms with E-state index in [1.54, 1.807) is 6.07 Å². The largest absolute Gasteiger partial charge is 0.341 e. The minimum atomic E-state index is -4.04. The van der Waals surface area contributed by atoms with Gasteiger partial charge in [-0.05, 0) is 72.9 Å². The molecule has 4 rings (SSSR count). The molecular formula is C29H27ClN2O3S. The van der Waals surface area contributed by atoms with Gasteiger partial charge < -0.3 is 5.32 Å². The maximum Gasteiger partial charge on any atom is 0.263 e. The van der Waals surface area contributed by atoms with Gasteiger partial charge in [0.1, 0.15) is 4.90 Å². The fourth-order valence-electron chi connectivity index (χ4n) is 4.01. The fourth-order valence-corrected chi connectivity index (χ4v) is 5.66. The molecule has 0 aromatic heterocycles. The molecule has 184 valence electrons. The summed E-state index contributed by atoms with van der Waals surface area (Å²) >= 11 is 6.29. The third kappa shape index (κ3) is 5.61. The van der Waals surface area contributed by atoms with Gasteiger partial charge in [-0.25, -0.2) is 8.42 Å². The molecule has 0 fully saturated rings. The molecule has 0 spiro atoms. The highest BCUT2D eigenvalue weighted by Crippen LogP contribution is 2.29. The lowest BCUT2D eigenvalue weighted by atomic mass is 9.94. The highest BCUT2D eigenvalue weighted by atomic mass is 35.5. The molecule has 7 heteroatoms. The summed E-state index contributed by atoms with van der Waals surface area (Å²) < 4.78 is 29.1. The van der Waals surface area contributed by atoms with Gasteiger partial charge in [-0.1, -0.05) is 78.3 Å². The Morgan fingerprint density at radius 1 is 0.806 bits per heavy atom. The number of nitrogens with one attached hydrogen (secondary N) is 2. The highest BCUT2D eigenvalue weighted by molar-refractivity contribution is 7.92. The first-order valence-electron chi connectivity index (χ1n) is 11.5. The predicted molar refractivity (Wildman–Crippen MR) is 145 cm³/mol. The summed E-state index contributed by atoms with van der Waals surface area (Å²) in [7, 11) is -4.04. The van der Waals surface area contributed by atoms with Crippen LogP contribution < -0.4 is 10.0 Å². The molecule has 0 saturated carbocycles. The lowest BCUT2D eigenvalue weighted by Gasteiger charge is -2.22. The number of sulfonamides is 1. The topological polar surface area (TPSA) is 75.3 Å². The minimum absolute atomic E-state index is 0.0304. The lowest BCUT2D eigenvalue weighted by molar-refractivity contribution is 0.0942. The number of halogens is 1. The molecule has 1 unspecified atom stereocenters. The van der Waals surface area contributed by atoms with E-state index >= 15 is 0 Å². The number of amides is 1. The molecule has 5 nitrogen and oxygen atoms in total. The smallest absolute Gasteiger partial charge is 0.263 e. The standard InChI is InChI=1S/C29H27ClN2O3S/c1-19-13-14-21(3)26(17-19)32-36(34,35)27-18-23(15-16-25(27)30)29(33)31-28(22-10-5-4-6-11-22)24-12-8-7-9-20(24)2/h4-18,28,32H,1-3H3,(H,31,33). The Balaban J connectivity index is 1.67. The van der Waals surface area contributed by atoms with E-state index in [1.807, 2.05) is 87.5 Å². The van der Waals surface area contributed by atoms with E-state index in [0.29, 0.717) is 5.69 Å². The van der Waals surface area contributed by atoms with Crippen molar-refractivity contribution in [2.75, 3.05) is 4.72 Å². The van der Waals surface area contributed by atoms with Crippen LogP contribution in [0.25, 0.3) is 0 Å². The fraction of sp³-hybridized carbons (Fsp3) is 0.138. The molecule has 1 amide bonds. The number of hydrogen-bond donors (Lipinski definition) is 2. The summed E-state index contributed by atoms with van der Waals surface area (Å²) in [4.78, 5) is 13.2. The van der Waals surface area contributed by atoms with E-state index in [0.717, 1.165) is 27.8 Å². The van der Waals surface area contributed by atoms with Crippen molar-refractivity contribution in [3.8, 4) is 0 Å². The van der Waals surface area contributed by atoms with Crippen molar-refractivity contribution in [1.29, 1.82) is 0 Å². The van der Waals surface area contributed by atoms with Crippen LogP contribution in [0.4, 0.5) is 5.69 Å². The summed E-state index contributed by atoms with van der Waals surface area (Å²) in [6.07, 6.45) is 0. The molecule has 0 aliphatic heterocycles. The van der Waals surface area contributed by atoms with Crippen LogP contribution >= 0.6 is 11.6 Å². The Morgan fingerprint density at radius 3 is 2.22 bits per heavy atom. The molecule has 0 radical (unpaired) electrons. The van der Waals surface area contributed by atoms with Gasteiger partial charge in [0, 0.05) is 5.56 Å². The van der Waals surface area contributed by atoms with Gasteiger partial charge in [0.15, 0.2) is 0 Å². The van der Waals surface area contributed by atoms with Crippen LogP contribution in [0.3, 0.4) is 0 Å². The first-order valence-corrected chi connectivity index (χ1v) is 13.3. The van der Waals surface area contributed by atoms with E-state index < -0.39 is 22.0 Å². The van der Waals surface area contributed by atoms with Gasteiger partial charge >= 0.3 is 0 Å². The van der Waals surface area contributed by atoms with E-state index in [9.17, 15) is 13.2 Å². The Bertz CT molecular complexity index is 1520. The SMILES string of the molecule is Cc1ccc(C)c(NS(=O)(=O)c2cc(C(=O)NC(c3ccccc3)c3ccccc3C)ccc2Cl)c1. The van der Waals surface area contributed by atoms with Gasteiger partial charge in [0.2, 0.25) is 0 Å². The molecular weight excluding hydrogens is 492 g/mol. The third-order valence-corrected chi connectivity index (χ3v) is 7.88. The minimum Gasteiger partial charge on any atom is -0.341 e. The normalized spacial score (nSPS) is 12.1. The molecule has 1 atom stereocenters. The van der Waals surface area contributed by atoms with Crippen molar-refractivity contribution >= 4 is 33.2 Å². The molecule has 4 aromatic carbocycles. The zero-order chi connectivity index (χ0) is 25.9. The number of hydrogen-bond acceptors (Lipinski definition) is 3. The second kappa shape index (κ2) is 10.6. The molecule has 36 heavy (non-hydrogen) atoms. The molecule has 0 aliphatic carbocycles. The average Bonchev–Trinajstić information content (AvgIpc) is 2.86. The Morgan fingerprint density at radius 2 is 1.50 bits per heavy atom. The summed E-state index contributed by atoms with van der Waals surface area (Å²) in [5.74, 6) is -0.410. The Labute approximate surface area is 217 Å². The van der Waals surface area contributed by atoms with Crippen LogP contribution in [0.2, 0.25) is 5.02 Å². The molecule has 4 aromatic rings. The first-order chi connectivity index (χ1) is 17.2. The molecule has 0 heterocycles. The summed E-state index contributed by atoms with van der Waals surface area (Å²) in [5.41, 5.74) is 5.25. The summed E-state index contributed by atoms with van der Waals surface area (Å²) in [5, 5.41) is 3.10. The Kier molecular flexibility index (Phi) is 7.48. The predicted octanol–water partition coefficient (Wildman–Crippen LogP) is 6.59. The average molecular weight is 519 g/mol. The summed E-state index contributed by atoms with van der Waals surface area (Å²) in [6, 6.07) is 26.8. The van der Waals surface area contributed by atoms with Gasteiger partial charge in [0.25, 0.3) is 15.9 Å². The van der Waals surface area contributed by atoms with Crippen LogP contribution in [-0.2, 0) is 10.0 Å². The van der Waals surface area contributed by atoms with Crippen LogP contribution in [0, 0.1) is 20.8 Å². The van der Waals surface area contributed by atoms with Crippen LogP contribution in [0.15, 0.2) is 95.9 Å². The molecule has 0 saturated heterocycles. The maximum atomic E-state index is 13.4. The zero-order valence-electron chi connectivity index (χ0n) is 20.2. The molecule has 0 bridgehead atoms. The number of carbonyl (C=O) groups is 1. The first kappa shape index (κ1) is 25.5. The van der Waals surface area contributed by atoms with Crippen molar-refractivity contribution < 1.29 is 13.2 Å². The van der Waals surface area contributed by atoms with E-state index in [2.05, 4.69) is 10.0 Å². The van der Waals surface area contributed by atoms with E-state index in [4.69, 9.17) is 11.6 Å². The van der Waals surface area contributed by atoms with Crippen LogP contribution in [0.1, 0.15) is 44.2 Å². The molecule has 0 aliphatic rings. The second-order valence-corrected chi connectivity index (χ2v) is 10.8. The Hall–Kier alpha value is -3.61. The molecule has 2 N–H and O–H groups in total. The number of aryl methyl sites for hydroxylation is 3. The number of anilines is 1. The summed E-state index contributed by atoms with van der Waals surface area (Å²) in [6.45, 7) is 5.69. The zero-order valence-corrected chi connectivity index (χ0v) is 21.8. The van der Waals surface area contributed by atoms with Crippen LogP contribution in [-0.4, -0.2) is 14.3 Å².